The zero-order valence-electron chi connectivity index (χ0n) is 8.05. The lowest BCUT2D eigenvalue weighted by atomic mass is 10.5. The number of hydrogen-bond acceptors (Lipinski definition) is 2. The second-order valence-corrected chi connectivity index (χ2v) is 4.04. The molecule has 0 aromatic carbocycles. The third-order valence-electron chi connectivity index (χ3n) is 1.03. The van der Waals surface area contributed by atoms with Gasteiger partial charge < -0.3 is 9.47 Å². The van der Waals surface area contributed by atoms with Crippen LogP contribution in [-0.2, 0) is 9.47 Å². The minimum Gasteiger partial charge on any atom is -0.354 e. The highest BCUT2D eigenvalue weighted by Crippen LogP contribution is 2.01. The van der Waals surface area contributed by atoms with Gasteiger partial charge in [-0.25, -0.2) is 0 Å². The van der Waals surface area contributed by atoms with Crippen LogP contribution < -0.4 is 0 Å². The third kappa shape index (κ3) is 6.53. The molecule has 2 radical (unpaired) electrons. The van der Waals surface area contributed by atoms with Gasteiger partial charge in [-0.1, -0.05) is 6.55 Å². The standard InChI is InChI=1S/C8H18O2Si/c1-6(2)9-8(11-5)10-7(3)4/h6-8H,1-5H3. The van der Waals surface area contributed by atoms with Gasteiger partial charge in [0.1, 0.15) is 15.4 Å². The smallest absolute Gasteiger partial charge is 0.137 e. The van der Waals surface area contributed by atoms with Crippen molar-refractivity contribution in [3.8, 4) is 0 Å². The van der Waals surface area contributed by atoms with Gasteiger partial charge >= 0.3 is 0 Å². The van der Waals surface area contributed by atoms with E-state index in [1.54, 1.807) is 0 Å². The third-order valence-corrected chi connectivity index (χ3v) is 1.77. The van der Waals surface area contributed by atoms with Crippen molar-refractivity contribution in [2.75, 3.05) is 0 Å². The molecule has 0 unspecified atom stereocenters. The van der Waals surface area contributed by atoms with Crippen LogP contribution in [0.3, 0.4) is 0 Å². The summed E-state index contributed by atoms with van der Waals surface area (Å²) < 4.78 is 11.0. The predicted molar refractivity (Wildman–Crippen MR) is 47.8 cm³/mol. The maximum Gasteiger partial charge on any atom is 0.137 e. The van der Waals surface area contributed by atoms with E-state index in [2.05, 4.69) is 6.55 Å². The molecule has 0 aromatic heterocycles. The topological polar surface area (TPSA) is 18.5 Å². The molecule has 0 aliphatic rings. The molecule has 0 saturated carbocycles. The zero-order chi connectivity index (χ0) is 8.85. The lowest BCUT2D eigenvalue weighted by molar-refractivity contribution is -0.133. The molecule has 2 nitrogen and oxygen atoms in total. The Bertz CT molecular complexity index is 84.1. The Morgan fingerprint density at radius 1 is 0.909 bits per heavy atom. The van der Waals surface area contributed by atoms with E-state index in [1.165, 1.54) is 0 Å². The SMILES string of the molecule is C[Si]C(OC(C)C)OC(C)C. The average Bonchev–Trinajstić information content (AvgIpc) is 1.84. The van der Waals surface area contributed by atoms with Crippen LogP contribution in [0.25, 0.3) is 0 Å². The fourth-order valence-electron chi connectivity index (χ4n) is 0.663. The molecule has 11 heavy (non-hydrogen) atoms. The summed E-state index contributed by atoms with van der Waals surface area (Å²) in [5, 5.41) is 0. The van der Waals surface area contributed by atoms with E-state index in [-0.39, 0.29) is 18.1 Å². The fraction of sp³-hybridized carbons (Fsp3) is 1.00. The second-order valence-electron chi connectivity index (χ2n) is 2.99. The molecule has 0 aliphatic heterocycles. The molecule has 0 rings (SSSR count). The van der Waals surface area contributed by atoms with Gasteiger partial charge in [-0.05, 0) is 27.7 Å². The summed E-state index contributed by atoms with van der Waals surface area (Å²) in [6.07, 6.45) is 0.511. The Labute approximate surface area is 72.1 Å². The first-order chi connectivity index (χ1) is 5.06. The van der Waals surface area contributed by atoms with Crippen molar-refractivity contribution in [2.24, 2.45) is 0 Å². The lowest BCUT2D eigenvalue weighted by Crippen LogP contribution is -2.28. The monoisotopic (exact) mass is 174 g/mol. The van der Waals surface area contributed by atoms with E-state index in [0.717, 1.165) is 0 Å². The summed E-state index contributed by atoms with van der Waals surface area (Å²) in [6.45, 7) is 10.2. The van der Waals surface area contributed by atoms with Crippen molar-refractivity contribution in [3.63, 3.8) is 0 Å². The Morgan fingerprint density at radius 3 is 1.45 bits per heavy atom. The molecule has 3 heteroatoms. The van der Waals surface area contributed by atoms with E-state index >= 15 is 0 Å². The molecule has 0 spiro atoms. The van der Waals surface area contributed by atoms with Gasteiger partial charge in [0.25, 0.3) is 0 Å². The number of ether oxygens (including phenoxy) is 2. The predicted octanol–water partition coefficient (Wildman–Crippen LogP) is 1.87. The van der Waals surface area contributed by atoms with Crippen LogP contribution in [0.5, 0.6) is 0 Å². The minimum absolute atomic E-state index is 0.00463. The summed E-state index contributed by atoms with van der Waals surface area (Å²) in [5.41, 5.74) is 0. The maximum atomic E-state index is 5.50. The highest BCUT2D eigenvalue weighted by atomic mass is 28.2. The summed E-state index contributed by atoms with van der Waals surface area (Å²) >= 11 is 0. The number of rotatable bonds is 5. The van der Waals surface area contributed by atoms with Gasteiger partial charge in [0.05, 0.1) is 12.2 Å². The molecule has 0 saturated heterocycles. The van der Waals surface area contributed by atoms with Crippen LogP contribution in [0.2, 0.25) is 6.55 Å². The van der Waals surface area contributed by atoms with Crippen molar-refractivity contribution < 1.29 is 9.47 Å². The van der Waals surface area contributed by atoms with Crippen LogP contribution in [0.15, 0.2) is 0 Å². The van der Waals surface area contributed by atoms with Gasteiger partial charge in [-0.2, -0.15) is 0 Å². The van der Waals surface area contributed by atoms with Crippen LogP contribution >= 0.6 is 0 Å². The van der Waals surface area contributed by atoms with Crippen LogP contribution in [-0.4, -0.2) is 27.6 Å². The summed E-state index contributed by atoms with van der Waals surface area (Å²) in [4.78, 5) is 0. The number of hydrogen-bond donors (Lipinski definition) is 0. The lowest BCUT2D eigenvalue weighted by Gasteiger charge is -2.21. The average molecular weight is 174 g/mol. The molecule has 0 aliphatic carbocycles. The van der Waals surface area contributed by atoms with Gasteiger partial charge in [-0.15, -0.1) is 0 Å². The molecule has 0 aromatic rings. The first-order valence-corrected chi connectivity index (χ1v) is 5.62. The second kappa shape index (κ2) is 5.74. The van der Waals surface area contributed by atoms with Gasteiger partial charge in [-0.3, -0.25) is 0 Å². The fourth-order valence-corrected chi connectivity index (χ4v) is 1.48. The van der Waals surface area contributed by atoms with Gasteiger partial charge in [0.2, 0.25) is 0 Å². The van der Waals surface area contributed by atoms with Crippen molar-refractivity contribution in [1.82, 2.24) is 0 Å². The van der Waals surface area contributed by atoms with Crippen molar-refractivity contribution >= 4 is 9.52 Å². The Kier molecular flexibility index (Phi) is 5.82. The maximum absolute atomic E-state index is 5.50. The first-order valence-electron chi connectivity index (χ1n) is 4.04. The largest absolute Gasteiger partial charge is 0.354 e. The van der Waals surface area contributed by atoms with Crippen molar-refractivity contribution in [3.05, 3.63) is 0 Å². The molecule has 0 fully saturated rings. The quantitative estimate of drug-likeness (QED) is 0.468. The first kappa shape index (κ1) is 11.1. The van der Waals surface area contributed by atoms with E-state index in [0.29, 0.717) is 9.52 Å². The minimum atomic E-state index is -0.00463. The molecule has 0 heterocycles. The highest BCUT2D eigenvalue weighted by molar-refractivity contribution is 6.34. The van der Waals surface area contributed by atoms with E-state index in [1.807, 2.05) is 27.7 Å². The summed E-state index contributed by atoms with van der Waals surface area (Å²) in [6, 6.07) is 0. The molecular weight excluding hydrogens is 156 g/mol. The van der Waals surface area contributed by atoms with Gasteiger partial charge in [0, 0.05) is 0 Å². The molecule has 0 N–H and O–H groups in total. The van der Waals surface area contributed by atoms with Crippen molar-refractivity contribution in [1.29, 1.82) is 0 Å². The molecular formula is C8H18O2Si. The normalized spacial score (nSPS) is 12.0. The summed E-state index contributed by atoms with van der Waals surface area (Å²) in [5.74, 6) is -0.00463. The Morgan fingerprint density at radius 2 is 1.27 bits per heavy atom. The van der Waals surface area contributed by atoms with Crippen LogP contribution in [0, 0.1) is 0 Å². The zero-order valence-corrected chi connectivity index (χ0v) is 9.05. The Hall–Kier alpha value is 0.137. The van der Waals surface area contributed by atoms with Crippen molar-refractivity contribution in [2.45, 2.75) is 52.4 Å². The highest BCUT2D eigenvalue weighted by Gasteiger charge is 2.10. The van der Waals surface area contributed by atoms with E-state index < -0.39 is 0 Å². The van der Waals surface area contributed by atoms with Gasteiger partial charge in [0.15, 0.2) is 0 Å². The van der Waals surface area contributed by atoms with Crippen LogP contribution in [0.1, 0.15) is 27.7 Å². The van der Waals surface area contributed by atoms with Crippen LogP contribution in [0.4, 0.5) is 0 Å². The summed E-state index contributed by atoms with van der Waals surface area (Å²) in [7, 11) is 0.690. The molecule has 0 amide bonds. The Balaban J connectivity index is 3.58. The molecule has 66 valence electrons. The molecule has 0 bridgehead atoms. The molecule has 0 atom stereocenters. The van der Waals surface area contributed by atoms with E-state index in [4.69, 9.17) is 9.47 Å². The van der Waals surface area contributed by atoms with E-state index in [9.17, 15) is 0 Å².